The predicted molar refractivity (Wildman–Crippen MR) is 122 cm³/mol. The molecule has 0 aliphatic carbocycles. The Kier molecular flexibility index (Phi) is 7.98. The van der Waals surface area contributed by atoms with E-state index in [1.165, 1.54) is 37.9 Å². The summed E-state index contributed by atoms with van der Waals surface area (Å²) in [5.74, 6) is 4.18. The van der Waals surface area contributed by atoms with Crippen molar-refractivity contribution in [2.24, 2.45) is 4.99 Å². The molecular formula is C23H37N7O. The summed E-state index contributed by atoms with van der Waals surface area (Å²) in [5.41, 5.74) is 0. The number of hydrogen-bond acceptors (Lipinski definition) is 5. The number of furan rings is 1. The fourth-order valence-electron chi connectivity index (χ4n) is 4.62. The highest BCUT2D eigenvalue weighted by Gasteiger charge is 2.25. The molecule has 0 saturated carbocycles. The van der Waals surface area contributed by atoms with Gasteiger partial charge >= 0.3 is 0 Å². The normalized spacial score (nSPS) is 18.5. The van der Waals surface area contributed by atoms with Gasteiger partial charge in [0.15, 0.2) is 5.96 Å². The van der Waals surface area contributed by atoms with Gasteiger partial charge in [0.2, 0.25) is 0 Å². The van der Waals surface area contributed by atoms with E-state index >= 15 is 0 Å². The molecule has 4 rings (SSSR count). The maximum atomic E-state index is 5.73. The highest BCUT2D eigenvalue weighted by Crippen LogP contribution is 2.25. The minimum absolute atomic E-state index is 0.208. The summed E-state index contributed by atoms with van der Waals surface area (Å²) < 4.78 is 8.07. The molecule has 0 aromatic carbocycles. The zero-order valence-electron chi connectivity index (χ0n) is 18.9. The zero-order valence-corrected chi connectivity index (χ0v) is 18.9. The van der Waals surface area contributed by atoms with Crippen molar-refractivity contribution >= 4 is 5.96 Å². The Hall–Kier alpha value is -2.35. The van der Waals surface area contributed by atoms with Crippen molar-refractivity contribution in [2.75, 3.05) is 32.7 Å². The van der Waals surface area contributed by atoms with Gasteiger partial charge in [-0.3, -0.25) is 9.89 Å². The molecule has 8 heteroatoms. The van der Waals surface area contributed by atoms with Crippen LogP contribution in [0.4, 0.5) is 0 Å². The fraction of sp³-hybridized carbons (Fsp3) is 0.696. The van der Waals surface area contributed by atoms with Crippen LogP contribution in [0, 0.1) is 0 Å². The number of rotatable bonds is 9. The van der Waals surface area contributed by atoms with Crippen LogP contribution in [0.15, 0.2) is 27.8 Å². The van der Waals surface area contributed by atoms with Crippen LogP contribution in [0.2, 0.25) is 0 Å². The number of aliphatic imine (C=N–C) groups is 1. The number of aromatic nitrogens is 3. The van der Waals surface area contributed by atoms with Gasteiger partial charge in [0, 0.05) is 32.5 Å². The molecule has 2 aromatic heterocycles. The Labute approximate surface area is 185 Å². The van der Waals surface area contributed by atoms with Crippen molar-refractivity contribution in [1.82, 2.24) is 30.3 Å². The highest BCUT2D eigenvalue weighted by atomic mass is 16.3. The third-order valence-corrected chi connectivity index (χ3v) is 6.28. The summed E-state index contributed by atoms with van der Waals surface area (Å²) in [5, 5.41) is 15.7. The summed E-state index contributed by atoms with van der Waals surface area (Å²) in [6.45, 7) is 7.82. The average molecular weight is 428 g/mol. The van der Waals surface area contributed by atoms with Crippen molar-refractivity contribution in [1.29, 1.82) is 0 Å². The third kappa shape index (κ3) is 5.87. The minimum atomic E-state index is 0.208. The molecule has 0 spiro atoms. The smallest absolute Gasteiger partial charge is 0.191 e. The van der Waals surface area contributed by atoms with Crippen LogP contribution < -0.4 is 10.6 Å². The molecule has 4 heterocycles. The van der Waals surface area contributed by atoms with Gasteiger partial charge in [-0.25, -0.2) is 0 Å². The van der Waals surface area contributed by atoms with E-state index in [1.807, 2.05) is 6.07 Å². The lowest BCUT2D eigenvalue weighted by Gasteiger charge is -2.24. The van der Waals surface area contributed by atoms with Gasteiger partial charge in [0.05, 0.1) is 18.8 Å². The maximum Gasteiger partial charge on any atom is 0.191 e. The summed E-state index contributed by atoms with van der Waals surface area (Å²) >= 11 is 0. The van der Waals surface area contributed by atoms with E-state index in [9.17, 15) is 0 Å². The SMILES string of the molecule is CCNC(=NCC(c1ccco1)N1CCCC1)NCCCc1nnc2n1CCCCC2. The summed E-state index contributed by atoms with van der Waals surface area (Å²) in [7, 11) is 0. The lowest BCUT2D eigenvalue weighted by Crippen LogP contribution is -2.39. The largest absolute Gasteiger partial charge is 0.468 e. The van der Waals surface area contributed by atoms with Crippen LogP contribution in [-0.4, -0.2) is 58.3 Å². The third-order valence-electron chi connectivity index (χ3n) is 6.28. The van der Waals surface area contributed by atoms with Crippen LogP contribution in [0.25, 0.3) is 0 Å². The van der Waals surface area contributed by atoms with Crippen LogP contribution in [0.3, 0.4) is 0 Å². The van der Waals surface area contributed by atoms with Gasteiger partial charge < -0.3 is 19.6 Å². The second-order valence-electron chi connectivity index (χ2n) is 8.52. The number of likely N-dealkylation sites (tertiary alicyclic amines) is 1. The van der Waals surface area contributed by atoms with E-state index in [-0.39, 0.29) is 6.04 Å². The Morgan fingerprint density at radius 3 is 2.81 bits per heavy atom. The molecule has 2 aromatic rings. The molecule has 31 heavy (non-hydrogen) atoms. The monoisotopic (exact) mass is 427 g/mol. The quantitative estimate of drug-likeness (QED) is 0.364. The molecule has 0 amide bonds. The Morgan fingerprint density at radius 1 is 1.13 bits per heavy atom. The molecule has 2 N–H and O–H groups in total. The van der Waals surface area contributed by atoms with Crippen molar-refractivity contribution < 1.29 is 4.42 Å². The topological polar surface area (TPSA) is 83.5 Å². The number of guanidine groups is 1. The molecule has 0 radical (unpaired) electrons. The van der Waals surface area contributed by atoms with E-state index in [1.54, 1.807) is 6.26 Å². The lowest BCUT2D eigenvalue weighted by molar-refractivity contribution is 0.221. The van der Waals surface area contributed by atoms with Crippen molar-refractivity contribution in [3.63, 3.8) is 0 Å². The fourth-order valence-corrected chi connectivity index (χ4v) is 4.62. The maximum absolute atomic E-state index is 5.73. The van der Waals surface area contributed by atoms with E-state index in [0.29, 0.717) is 6.54 Å². The molecular weight excluding hydrogens is 390 g/mol. The first-order valence-electron chi connectivity index (χ1n) is 12.1. The number of fused-ring (bicyclic) bond motifs is 1. The summed E-state index contributed by atoms with van der Waals surface area (Å²) in [4.78, 5) is 7.38. The molecule has 2 aliphatic heterocycles. The number of hydrogen-bond donors (Lipinski definition) is 2. The summed E-state index contributed by atoms with van der Waals surface area (Å²) in [6, 6.07) is 4.25. The first-order chi connectivity index (χ1) is 15.3. The predicted octanol–water partition coefficient (Wildman–Crippen LogP) is 2.92. The van der Waals surface area contributed by atoms with Crippen LogP contribution in [0.1, 0.15) is 68.9 Å². The highest BCUT2D eigenvalue weighted by molar-refractivity contribution is 5.79. The molecule has 1 unspecified atom stereocenters. The standard InChI is InChI=1S/C23H37N7O/c1-2-24-23(26-18-19(20-10-9-17-31-20)29-14-6-7-15-29)25-13-8-12-22-28-27-21-11-4-3-5-16-30(21)22/h9-10,17,19H,2-8,11-16,18H2,1H3,(H2,24,25,26). The van der Waals surface area contributed by atoms with E-state index in [0.717, 1.165) is 69.5 Å². The van der Waals surface area contributed by atoms with Crippen LogP contribution in [0.5, 0.6) is 0 Å². The van der Waals surface area contributed by atoms with Gasteiger partial charge in [0.1, 0.15) is 17.4 Å². The second kappa shape index (κ2) is 11.3. The van der Waals surface area contributed by atoms with Gasteiger partial charge in [-0.1, -0.05) is 6.42 Å². The first-order valence-corrected chi connectivity index (χ1v) is 12.1. The Bertz CT molecular complexity index is 808. The molecule has 1 atom stereocenters. The van der Waals surface area contributed by atoms with Crippen molar-refractivity contribution in [3.05, 3.63) is 35.8 Å². The van der Waals surface area contributed by atoms with Gasteiger partial charge in [-0.15, -0.1) is 10.2 Å². The summed E-state index contributed by atoms with van der Waals surface area (Å²) in [6.07, 6.45) is 11.1. The van der Waals surface area contributed by atoms with E-state index in [2.05, 4.69) is 43.3 Å². The Morgan fingerprint density at radius 2 is 2.00 bits per heavy atom. The molecule has 1 saturated heterocycles. The van der Waals surface area contributed by atoms with Gasteiger partial charge in [-0.05, 0) is 64.3 Å². The minimum Gasteiger partial charge on any atom is -0.468 e. The number of nitrogens with zero attached hydrogens (tertiary/aromatic N) is 5. The zero-order chi connectivity index (χ0) is 21.3. The van der Waals surface area contributed by atoms with E-state index in [4.69, 9.17) is 9.41 Å². The number of aryl methyl sites for hydroxylation is 2. The second-order valence-corrected chi connectivity index (χ2v) is 8.52. The lowest BCUT2D eigenvalue weighted by atomic mass is 10.2. The van der Waals surface area contributed by atoms with Crippen molar-refractivity contribution in [3.8, 4) is 0 Å². The molecule has 170 valence electrons. The first kappa shape index (κ1) is 21.9. The molecule has 8 nitrogen and oxygen atoms in total. The average Bonchev–Trinajstić information content (AvgIpc) is 3.53. The van der Waals surface area contributed by atoms with Crippen LogP contribution >= 0.6 is 0 Å². The van der Waals surface area contributed by atoms with Gasteiger partial charge in [0.25, 0.3) is 0 Å². The van der Waals surface area contributed by atoms with Crippen LogP contribution in [-0.2, 0) is 19.4 Å². The Balaban J connectivity index is 1.30. The molecule has 2 aliphatic rings. The van der Waals surface area contributed by atoms with Crippen molar-refractivity contribution in [2.45, 2.75) is 70.9 Å². The molecule has 1 fully saturated rings. The van der Waals surface area contributed by atoms with Gasteiger partial charge in [-0.2, -0.15) is 0 Å². The van der Waals surface area contributed by atoms with E-state index < -0.39 is 0 Å². The number of nitrogens with one attached hydrogen (secondary N) is 2. The molecule has 0 bridgehead atoms.